The van der Waals surface area contributed by atoms with Crippen LogP contribution in [0.4, 0.5) is 5.69 Å². The highest BCUT2D eigenvalue weighted by Crippen LogP contribution is 2.42. The number of benzene rings is 1. The number of anilines is 1. The second-order valence-corrected chi connectivity index (χ2v) is 6.68. The van der Waals surface area contributed by atoms with E-state index in [-0.39, 0.29) is 0 Å². The third-order valence-corrected chi connectivity index (χ3v) is 3.91. The highest BCUT2D eigenvalue weighted by atomic mass is 14.9. The quantitative estimate of drug-likeness (QED) is 0.788. The predicted molar refractivity (Wildman–Crippen MR) is 75.5 cm³/mol. The van der Waals surface area contributed by atoms with Gasteiger partial charge in [0.05, 0.1) is 0 Å². The molecule has 0 aromatic heterocycles. The molecule has 1 saturated carbocycles. The Kier molecular flexibility index (Phi) is 3.20. The molecule has 94 valence electrons. The summed E-state index contributed by atoms with van der Waals surface area (Å²) < 4.78 is 0. The number of hydrogen-bond donors (Lipinski definition) is 1. The zero-order chi connectivity index (χ0) is 12.6. The summed E-state index contributed by atoms with van der Waals surface area (Å²) in [5, 5.41) is 3.73. The molecule has 1 heteroatoms. The molecule has 0 bridgehead atoms. The van der Waals surface area contributed by atoms with E-state index >= 15 is 0 Å². The summed E-state index contributed by atoms with van der Waals surface area (Å²) in [7, 11) is 0. The van der Waals surface area contributed by atoms with Gasteiger partial charge >= 0.3 is 0 Å². The summed E-state index contributed by atoms with van der Waals surface area (Å²) in [4.78, 5) is 0. The Balaban J connectivity index is 2.11. The Morgan fingerprint density at radius 1 is 1.06 bits per heavy atom. The Labute approximate surface area is 106 Å². The first-order valence-electron chi connectivity index (χ1n) is 6.71. The molecule has 2 unspecified atom stereocenters. The first kappa shape index (κ1) is 12.5. The van der Waals surface area contributed by atoms with Crippen molar-refractivity contribution in [1.82, 2.24) is 0 Å². The fraction of sp³-hybridized carbons (Fsp3) is 0.625. The van der Waals surface area contributed by atoms with Crippen LogP contribution in [0.1, 0.15) is 44.7 Å². The average molecular weight is 231 g/mol. The molecule has 0 amide bonds. The summed E-state index contributed by atoms with van der Waals surface area (Å²) in [5.41, 5.74) is 4.47. The molecule has 1 aliphatic carbocycles. The Hall–Kier alpha value is -0.980. The topological polar surface area (TPSA) is 12.0 Å². The van der Waals surface area contributed by atoms with Crippen molar-refractivity contribution in [2.45, 2.75) is 53.5 Å². The van der Waals surface area contributed by atoms with E-state index in [1.54, 1.807) is 0 Å². The number of nitrogens with one attached hydrogen (secondary N) is 1. The van der Waals surface area contributed by atoms with Crippen molar-refractivity contribution in [3.63, 3.8) is 0 Å². The average Bonchev–Trinajstić information content (AvgIpc) is 2.37. The molecule has 1 nitrogen and oxygen atoms in total. The normalized spacial score (nSPS) is 27.1. The summed E-state index contributed by atoms with van der Waals surface area (Å²) in [6.45, 7) is 11.5. The second-order valence-electron chi connectivity index (χ2n) is 6.68. The number of hydrogen-bond acceptors (Lipinski definition) is 1. The van der Waals surface area contributed by atoms with Gasteiger partial charge in [0.2, 0.25) is 0 Å². The lowest BCUT2D eigenvalue weighted by Gasteiger charge is -2.20. The minimum absolute atomic E-state index is 0.496. The predicted octanol–water partition coefficient (Wildman–Crippen LogP) is 4.54. The molecule has 1 aromatic rings. The van der Waals surface area contributed by atoms with E-state index in [0.29, 0.717) is 11.5 Å². The molecule has 1 fully saturated rings. The highest BCUT2D eigenvalue weighted by Gasteiger charge is 2.36. The zero-order valence-electron chi connectivity index (χ0n) is 11.8. The largest absolute Gasteiger partial charge is 0.382 e. The van der Waals surface area contributed by atoms with Gasteiger partial charge in [-0.2, -0.15) is 0 Å². The molecule has 2 atom stereocenters. The summed E-state index contributed by atoms with van der Waals surface area (Å²) in [6.07, 6.45) is 2.61. The minimum Gasteiger partial charge on any atom is -0.382 e. The van der Waals surface area contributed by atoms with Crippen molar-refractivity contribution in [3.8, 4) is 0 Å². The van der Waals surface area contributed by atoms with Gasteiger partial charge in [-0.25, -0.2) is 0 Å². The SMILES string of the molecule is Cc1cc(C)cc(NC2CC(C)(C)CC2C)c1. The van der Waals surface area contributed by atoms with Crippen molar-refractivity contribution in [1.29, 1.82) is 0 Å². The molecule has 1 N–H and O–H groups in total. The lowest BCUT2D eigenvalue weighted by molar-refractivity contribution is 0.366. The Morgan fingerprint density at radius 3 is 2.12 bits per heavy atom. The van der Waals surface area contributed by atoms with E-state index in [1.807, 2.05) is 0 Å². The van der Waals surface area contributed by atoms with Gasteiger partial charge < -0.3 is 5.32 Å². The fourth-order valence-electron chi connectivity index (χ4n) is 3.36. The zero-order valence-corrected chi connectivity index (χ0v) is 11.8. The monoisotopic (exact) mass is 231 g/mol. The number of aryl methyl sites for hydroxylation is 2. The lowest BCUT2D eigenvalue weighted by atomic mass is 9.91. The maximum absolute atomic E-state index is 3.73. The molecule has 0 heterocycles. The van der Waals surface area contributed by atoms with Crippen molar-refractivity contribution >= 4 is 5.69 Å². The summed E-state index contributed by atoms with van der Waals surface area (Å²) in [5.74, 6) is 0.769. The van der Waals surface area contributed by atoms with E-state index < -0.39 is 0 Å². The lowest BCUT2D eigenvalue weighted by Crippen LogP contribution is -2.22. The minimum atomic E-state index is 0.496. The Morgan fingerprint density at radius 2 is 1.65 bits per heavy atom. The maximum Gasteiger partial charge on any atom is 0.0347 e. The molecule has 0 saturated heterocycles. The van der Waals surface area contributed by atoms with Crippen LogP contribution >= 0.6 is 0 Å². The first-order valence-corrected chi connectivity index (χ1v) is 6.71. The summed E-state index contributed by atoms with van der Waals surface area (Å²) >= 11 is 0. The molecule has 0 aliphatic heterocycles. The van der Waals surface area contributed by atoms with Crippen molar-refractivity contribution in [2.24, 2.45) is 11.3 Å². The van der Waals surface area contributed by atoms with Crippen LogP contribution in [0.15, 0.2) is 18.2 Å². The van der Waals surface area contributed by atoms with Crippen LogP contribution in [0.5, 0.6) is 0 Å². The van der Waals surface area contributed by atoms with Crippen LogP contribution in [-0.2, 0) is 0 Å². The molecule has 0 radical (unpaired) electrons. The van der Waals surface area contributed by atoms with Crippen molar-refractivity contribution < 1.29 is 0 Å². The van der Waals surface area contributed by atoms with Crippen LogP contribution in [0.25, 0.3) is 0 Å². The van der Waals surface area contributed by atoms with Gasteiger partial charge in [0.25, 0.3) is 0 Å². The van der Waals surface area contributed by atoms with E-state index in [1.165, 1.54) is 29.7 Å². The third-order valence-electron chi connectivity index (χ3n) is 3.91. The third kappa shape index (κ3) is 3.02. The molecular formula is C16H25N. The smallest absolute Gasteiger partial charge is 0.0347 e. The van der Waals surface area contributed by atoms with E-state index in [2.05, 4.69) is 58.1 Å². The second kappa shape index (κ2) is 4.36. The van der Waals surface area contributed by atoms with Crippen molar-refractivity contribution in [3.05, 3.63) is 29.3 Å². The molecule has 1 aliphatic rings. The van der Waals surface area contributed by atoms with E-state index in [0.717, 1.165) is 5.92 Å². The van der Waals surface area contributed by atoms with Crippen LogP contribution in [-0.4, -0.2) is 6.04 Å². The highest BCUT2D eigenvalue weighted by molar-refractivity contribution is 5.49. The molecule has 0 spiro atoms. The Bertz CT molecular complexity index is 386. The van der Waals surface area contributed by atoms with Crippen LogP contribution < -0.4 is 5.32 Å². The van der Waals surface area contributed by atoms with Gasteiger partial charge in [0, 0.05) is 11.7 Å². The standard InChI is InChI=1S/C16H25N/c1-11-6-12(2)8-14(7-11)17-15-10-16(4,5)9-13(15)3/h6-8,13,15,17H,9-10H2,1-5H3. The fourth-order valence-corrected chi connectivity index (χ4v) is 3.36. The van der Waals surface area contributed by atoms with Crippen LogP contribution in [0.2, 0.25) is 0 Å². The van der Waals surface area contributed by atoms with Crippen LogP contribution in [0.3, 0.4) is 0 Å². The van der Waals surface area contributed by atoms with E-state index in [4.69, 9.17) is 0 Å². The molecule has 17 heavy (non-hydrogen) atoms. The van der Waals surface area contributed by atoms with Gasteiger partial charge in [0.1, 0.15) is 0 Å². The maximum atomic E-state index is 3.73. The van der Waals surface area contributed by atoms with Gasteiger partial charge in [0.15, 0.2) is 0 Å². The van der Waals surface area contributed by atoms with E-state index in [9.17, 15) is 0 Å². The molecular weight excluding hydrogens is 206 g/mol. The van der Waals surface area contributed by atoms with Gasteiger partial charge in [-0.15, -0.1) is 0 Å². The molecule has 1 aromatic carbocycles. The van der Waals surface area contributed by atoms with Crippen molar-refractivity contribution in [2.75, 3.05) is 5.32 Å². The number of rotatable bonds is 2. The molecule has 2 rings (SSSR count). The van der Waals surface area contributed by atoms with Crippen LogP contribution in [0, 0.1) is 25.2 Å². The first-order chi connectivity index (χ1) is 7.85. The van der Waals surface area contributed by atoms with Gasteiger partial charge in [-0.05, 0) is 61.3 Å². The summed E-state index contributed by atoms with van der Waals surface area (Å²) in [6, 6.07) is 7.37. The van der Waals surface area contributed by atoms with Gasteiger partial charge in [-0.3, -0.25) is 0 Å². The van der Waals surface area contributed by atoms with Gasteiger partial charge in [-0.1, -0.05) is 26.8 Å².